The number of carboxylic acid groups (broad SMARTS) is 1. The third-order valence-electron chi connectivity index (χ3n) is 4.78. The Balaban J connectivity index is 1.50. The second-order valence-corrected chi connectivity index (χ2v) is 7.62. The van der Waals surface area contributed by atoms with E-state index >= 15 is 0 Å². The molecule has 2 aromatic rings. The molecule has 0 unspecified atom stereocenters. The molecular weight excluding hydrogens is 348 g/mol. The molecule has 5 nitrogen and oxygen atoms in total. The van der Waals surface area contributed by atoms with Gasteiger partial charge in [0.1, 0.15) is 5.75 Å². The highest BCUT2D eigenvalue weighted by Crippen LogP contribution is 2.26. The monoisotopic (exact) mass is 374 g/mol. The second kappa shape index (κ2) is 9.69. The molecule has 1 aromatic carbocycles. The van der Waals surface area contributed by atoms with Gasteiger partial charge < -0.3 is 14.7 Å². The molecule has 0 radical (unpaired) electrons. The van der Waals surface area contributed by atoms with Crippen LogP contribution in [0.4, 0.5) is 0 Å². The van der Waals surface area contributed by atoms with Gasteiger partial charge >= 0.3 is 5.97 Å². The van der Waals surface area contributed by atoms with Crippen LogP contribution in [0.1, 0.15) is 35.3 Å². The van der Waals surface area contributed by atoms with Crippen LogP contribution in [0.25, 0.3) is 0 Å². The molecule has 0 saturated heterocycles. The normalized spacial score (nSPS) is 14.6. The molecule has 0 bridgehead atoms. The van der Waals surface area contributed by atoms with Crippen LogP contribution in [0.5, 0.6) is 5.75 Å². The molecular formula is C20H26N2O3S. The van der Waals surface area contributed by atoms with E-state index in [0.29, 0.717) is 6.42 Å². The lowest BCUT2D eigenvalue weighted by atomic mass is 10.0. The van der Waals surface area contributed by atoms with E-state index < -0.39 is 5.97 Å². The highest BCUT2D eigenvalue weighted by atomic mass is 32.1. The smallest absolute Gasteiger partial charge is 0.303 e. The zero-order valence-electron chi connectivity index (χ0n) is 15.0. The van der Waals surface area contributed by atoms with Gasteiger partial charge in [-0.05, 0) is 55.8 Å². The van der Waals surface area contributed by atoms with E-state index in [1.165, 1.54) is 16.0 Å². The molecule has 26 heavy (non-hydrogen) atoms. The summed E-state index contributed by atoms with van der Waals surface area (Å²) in [5.41, 5.74) is 4.56. The molecule has 0 amide bonds. The molecule has 3 rings (SSSR count). The number of hydrogen-bond acceptors (Lipinski definition) is 5. The number of ether oxygens (including phenoxy) is 1. The Morgan fingerprint density at radius 2 is 2.15 bits per heavy atom. The van der Waals surface area contributed by atoms with Crippen LogP contribution in [0.2, 0.25) is 0 Å². The number of thiazole rings is 1. The molecule has 2 heterocycles. The van der Waals surface area contributed by atoms with Crippen LogP contribution in [-0.4, -0.2) is 47.2 Å². The maximum atomic E-state index is 10.7. The van der Waals surface area contributed by atoms with Crippen molar-refractivity contribution in [2.24, 2.45) is 0 Å². The van der Waals surface area contributed by atoms with Crippen LogP contribution in [-0.2, 0) is 24.1 Å². The van der Waals surface area contributed by atoms with E-state index in [0.717, 1.165) is 57.7 Å². The van der Waals surface area contributed by atoms with Crippen LogP contribution in [0.3, 0.4) is 0 Å². The minimum Gasteiger partial charge on any atom is -0.493 e. The standard InChI is InChI=1S/C20H26N2O3S/c23-20(24)7-2-10-22-11-8-16-4-1-6-19(18(16)9-12-22)25-13-3-5-17-14-21-15-26-17/h1,4,6,14-15H,2-3,5,7-13H2,(H,23,24). The van der Waals surface area contributed by atoms with Crippen molar-refractivity contribution in [3.63, 3.8) is 0 Å². The second-order valence-electron chi connectivity index (χ2n) is 6.65. The summed E-state index contributed by atoms with van der Waals surface area (Å²) >= 11 is 1.69. The minimum atomic E-state index is -0.711. The van der Waals surface area contributed by atoms with Gasteiger partial charge in [-0.2, -0.15) is 0 Å². The van der Waals surface area contributed by atoms with E-state index in [9.17, 15) is 4.79 Å². The van der Waals surface area contributed by atoms with Crippen molar-refractivity contribution < 1.29 is 14.6 Å². The Morgan fingerprint density at radius 1 is 1.27 bits per heavy atom. The van der Waals surface area contributed by atoms with Crippen molar-refractivity contribution in [2.75, 3.05) is 26.2 Å². The molecule has 0 aliphatic carbocycles. The third-order valence-corrected chi connectivity index (χ3v) is 5.62. The van der Waals surface area contributed by atoms with Crippen molar-refractivity contribution in [1.82, 2.24) is 9.88 Å². The molecule has 0 atom stereocenters. The number of aliphatic carboxylic acids is 1. The first kappa shape index (κ1) is 18.9. The quantitative estimate of drug-likeness (QED) is 0.682. The Kier molecular flexibility index (Phi) is 7.03. The summed E-state index contributed by atoms with van der Waals surface area (Å²) in [6.45, 7) is 3.53. The van der Waals surface area contributed by atoms with E-state index in [4.69, 9.17) is 9.84 Å². The van der Waals surface area contributed by atoms with Crippen molar-refractivity contribution in [3.05, 3.63) is 45.9 Å². The Morgan fingerprint density at radius 3 is 2.96 bits per heavy atom. The minimum absolute atomic E-state index is 0.248. The van der Waals surface area contributed by atoms with Gasteiger partial charge in [0.2, 0.25) is 0 Å². The largest absolute Gasteiger partial charge is 0.493 e. The Labute approximate surface area is 158 Å². The van der Waals surface area contributed by atoms with Crippen molar-refractivity contribution in [2.45, 2.75) is 38.5 Å². The topological polar surface area (TPSA) is 62.7 Å². The molecule has 1 aromatic heterocycles. The number of nitrogens with zero attached hydrogens (tertiary/aromatic N) is 2. The SMILES string of the molecule is O=C(O)CCCN1CCc2cccc(OCCCc3cncs3)c2CC1. The summed E-state index contributed by atoms with van der Waals surface area (Å²) in [5.74, 6) is 0.302. The first-order valence-electron chi connectivity index (χ1n) is 9.27. The summed E-state index contributed by atoms with van der Waals surface area (Å²) in [4.78, 5) is 18.5. The first-order chi connectivity index (χ1) is 12.7. The molecule has 6 heteroatoms. The Hall–Kier alpha value is -1.92. The average molecular weight is 375 g/mol. The molecule has 1 aliphatic rings. The maximum absolute atomic E-state index is 10.7. The molecule has 1 N–H and O–H groups in total. The number of fused-ring (bicyclic) bond motifs is 1. The number of rotatable bonds is 9. The van der Waals surface area contributed by atoms with Gasteiger partial charge in [0.25, 0.3) is 0 Å². The number of benzene rings is 1. The fraction of sp³-hybridized carbons (Fsp3) is 0.500. The van der Waals surface area contributed by atoms with E-state index in [1.807, 2.05) is 11.7 Å². The van der Waals surface area contributed by atoms with Crippen molar-refractivity contribution in [1.29, 1.82) is 0 Å². The predicted molar refractivity (Wildman–Crippen MR) is 103 cm³/mol. The van der Waals surface area contributed by atoms with Crippen LogP contribution >= 0.6 is 11.3 Å². The van der Waals surface area contributed by atoms with Gasteiger partial charge in [-0.25, -0.2) is 0 Å². The van der Waals surface area contributed by atoms with Crippen molar-refractivity contribution >= 4 is 17.3 Å². The molecule has 1 aliphatic heterocycles. The van der Waals surface area contributed by atoms with Gasteiger partial charge in [0.05, 0.1) is 12.1 Å². The lowest BCUT2D eigenvalue weighted by molar-refractivity contribution is -0.137. The molecule has 0 saturated carbocycles. The third kappa shape index (κ3) is 5.54. The van der Waals surface area contributed by atoms with E-state index in [2.05, 4.69) is 28.1 Å². The highest BCUT2D eigenvalue weighted by molar-refractivity contribution is 7.09. The lowest BCUT2D eigenvalue weighted by Crippen LogP contribution is -2.27. The number of aromatic nitrogens is 1. The van der Waals surface area contributed by atoms with Gasteiger partial charge in [-0.1, -0.05) is 12.1 Å². The van der Waals surface area contributed by atoms with Gasteiger partial charge in [0.15, 0.2) is 0 Å². The number of hydrogen-bond donors (Lipinski definition) is 1. The summed E-state index contributed by atoms with van der Waals surface area (Å²) in [7, 11) is 0. The fourth-order valence-electron chi connectivity index (χ4n) is 3.40. The Bertz CT molecular complexity index is 703. The molecule has 0 spiro atoms. The first-order valence-corrected chi connectivity index (χ1v) is 10.2. The summed E-state index contributed by atoms with van der Waals surface area (Å²) in [5, 5.41) is 8.80. The fourth-order valence-corrected chi connectivity index (χ4v) is 4.04. The number of carboxylic acids is 1. The lowest BCUT2D eigenvalue weighted by Gasteiger charge is -2.19. The zero-order chi connectivity index (χ0) is 18.2. The number of carbonyl (C=O) groups is 1. The van der Waals surface area contributed by atoms with Crippen LogP contribution in [0.15, 0.2) is 29.9 Å². The van der Waals surface area contributed by atoms with Gasteiger partial charge in [0, 0.05) is 30.6 Å². The van der Waals surface area contributed by atoms with Crippen LogP contribution < -0.4 is 4.74 Å². The summed E-state index contributed by atoms with van der Waals surface area (Å²) in [6.07, 6.45) is 6.86. The summed E-state index contributed by atoms with van der Waals surface area (Å²) in [6, 6.07) is 6.35. The molecule has 0 fully saturated rings. The maximum Gasteiger partial charge on any atom is 0.303 e. The zero-order valence-corrected chi connectivity index (χ0v) is 15.8. The molecule has 140 valence electrons. The highest BCUT2D eigenvalue weighted by Gasteiger charge is 2.17. The predicted octanol–water partition coefficient (Wildman–Crippen LogP) is 3.42. The van der Waals surface area contributed by atoms with E-state index in [-0.39, 0.29) is 6.42 Å². The van der Waals surface area contributed by atoms with Gasteiger partial charge in [-0.3, -0.25) is 9.78 Å². The van der Waals surface area contributed by atoms with Crippen LogP contribution in [0, 0.1) is 0 Å². The van der Waals surface area contributed by atoms with Crippen molar-refractivity contribution in [3.8, 4) is 5.75 Å². The van der Waals surface area contributed by atoms with Gasteiger partial charge in [-0.15, -0.1) is 11.3 Å². The summed E-state index contributed by atoms with van der Waals surface area (Å²) < 4.78 is 6.09. The number of aryl methyl sites for hydroxylation is 1. The van der Waals surface area contributed by atoms with E-state index in [1.54, 1.807) is 11.3 Å². The average Bonchev–Trinajstić information content (AvgIpc) is 3.06.